The van der Waals surface area contributed by atoms with Crippen molar-refractivity contribution in [2.75, 3.05) is 0 Å². The van der Waals surface area contributed by atoms with E-state index in [-0.39, 0.29) is 17.3 Å². The zero-order chi connectivity index (χ0) is 13.0. The first kappa shape index (κ1) is 12.8. The number of hydrogen-bond donors (Lipinski definition) is 2. The summed E-state index contributed by atoms with van der Waals surface area (Å²) in [6, 6.07) is 4.49. The van der Waals surface area contributed by atoms with Crippen molar-refractivity contribution in [2.24, 2.45) is 10.9 Å². The molecule has 1 aromatic carbocycles. The summed E-state index contributed by atoms with van der Waals surface area (Å²) in [5, 5.41) is 22.0. The first-order valence-corrected chi connectivity index (χ1v) is 4.84. The van der Waals surface area contributed by atoms with Gasteiger partial charge in [0.05, 0.1) is 4.92 Å². The van der Waals surface area contributed by atoms with Gasteiger partial charge in [0.15, 0.2) is 17.7 Å². The highest BCUT2D eigenvalue weighted by Gasteiger charge is 2.18. The maximum absolute atomic E-state index is 10.8. The second-order valence-electron chi connectivity index (χ2n) is 3.51. The first-order valence-electron chi connectivity index (χ1n) is 4.84. The van der Waals surface area contributed by atoms with Crippen LogP contribution in [0.3, 0.4) is 0 Å². The fourth-order valence-electron chi connectivity index (χ4n) is 1.20. The number of ether oxygens (including phenoxy) is 1. The van der Waals surface area contributed by atoms with Crippen LogP contribution in [0.5, 0.6) is 5.75 Å². The Hall–Kier alpha value is -2.31. The number of amidine groups is 1. The lowest BCUT2D eigenvalue weighted by atomic mass is 10.2. The molecule has 0 saturated carbocycles. The standard InChI is InChI=1S/C10H13N3O4/c1-6-3-4-8(13(15)16)9(5-6)17-7(2)10(11)12-14/h3-5,7,14H,1-2H3,(H2,11,12). The average molecular weight is 239 g/mol. The number of oxime groups is 1. The van der Waals surface area contributed by atoms with E-state index >= 15 is 0 Å². The minimum atomic E-state index is -0.750. The maximum Gasteiger partial charge on any atom is 0.310 e. The summed E-state index contributed by atoms with van der Waals surface area (Å²) in [6.45, 7) is 3.31. The SMILES string of the molecule is Cc1ccc([N+](=O)[O-])c(OC(C)C(N)=NO)c1. The fraction of sp³-hybridized carbons (Fsp3) is 0.300. The lowest BCUT2D eigenvalue weighted by Gasteiger charge is -2.13. The van der Waals surface area contributed by atoms with Crippen molar-refractivity contribution in [3.8, 4) is 5.75 Å². The molecule has 0 amide bonds. The predicted molar refractivity (Wildman–Crippen MR) is 61.3 cm³/mol. The third kappa shape index (κ3) is 3.07. The Morgan fingerprint density at radius 2 is 2.29 bits per heavy atom. The van der Waals surface area contributed by atoms with Crippen molar-refractivity contribution >= 4 is 11.5 Å². The summed E-state index contributed by atoms with van der Waals surface area (Å²) in [5.41, 5.74) is 5.99. The summed E-state index contributed by atoms with van der Waals surface area (Å²) in [7, 11) is 0. The van der Waals surface area contributed by atoms with E-state index in [1.165, 1.54) is 19.1 Å². The largest absolute Gasteiger partial charge is 0.476 e. The van der Waals surface area contributed by atoms with E-state index < -0.39 is 11.0 Å². The monoisotopic (exact) mass is 239 g/mol. The third-order valence-electron chi connectivity index (χ3n) is 2.15. The van der Waals surface area contributed by atoms with Gasteiger partial charge in [-0.3, -0.25) is 10.1 Å². The highest BCUT2D eigenvalue weighted by atomic mass is 16.6. The van der Waals surface area contributed by atoms with Crippen LogP contribution in [0.25, 0.3) is 0 Å². The molecule has 1 unspecified atom stereocenters. The molecule has 1 atom stereocenters. The normalized spacial score (nSPS) is 13.2. The molecule has 1 aromatic rings. The van der Waals surface area contributed by atoms with Crippen LogP contribution in [0.1, 0.15) is 12.5 Å². The number of benzene rings is 1. The van der Waals surface area contributed by atoms with Crippen LogP contribution in [-0.4, -0.2) is 22.1 Å². The van der Waals surface area contributed by atoms with Gasteiger partial charge in [0, 0.05) is 6.07 Å². The molecule has 1 rings (SSSR count). The number of nitro benzene ring substituents is 1. The van der Waals surface area contributed by atoms with Gasteiger partial charge in [-0.2, -0.15) is 0 Å². The Balaban J connectivity index is 3.04. The Kier molecular flexibility index (Phi) is 3.86. The van der Waals surface area contributed by atoms with Crippen LogP contribution in [-0.2, 0) is 0 Å². The van der Waals surface area contributed by atoms with E-state index in [4.69, 9.17) is 15.7 Å². The predicted octanol–water partition coefficient (Wildman–Crippen LogP) is 1.42. The van der Waals surface area contributed by atoms with E-state index in [2.05, 4.69) is 5.16 Å². The zero-order valence-electron chi connectivity index (χ0n) is 9.45. The minimum Gasteiger partial charge on any atom is -0.476 e. The van der Waals surface area contributed by atoms with Crippen molar-refractivity contribution in [3.05, 3.63) is 33.9 Å². The maximum atomic E-state index is 10.8. The zero-order valence-corrected chi connectivity index (χ0v) is 9.45. The first-order chi connectivity index (χ1) is 7.95. The summed E-state index contributed by atoms with van der Waals surface area (Å²) < 4.78 is 5.28. The number of nitro groups is 1. The molecule has 17 heavy (non-hydrogen) atoms. The van der Waals surface area contributed by atoms with Gasteiger partial charge in [0.1, 0.15) is 0 Å². The Morgan fingerprint density at radius 1 is 1.65 bits per heavy atom. The summed E-state index contributed by atoms with van der Waals surface area (Å²) >= 11 is 0. The molecule has 0 saturated heterocycles. The summed E-state index contributed by atoms with van der Waals surface area (Å²) in [6.07, 6.45) is -0.750. The Morgan fingerprint density at radius 3 is 2.82 bits per heavy atom. The molecule has 0 aliphatic heterocycles. The molecule has 0 heterocycles. The van der Waals surface area contributed by atoms with Crippen molar-refractivity contribution in [1.29, 1.82) is 0 Å². The molecule has 0 fully saturated rings. The number of nitrogens with two attached hydrogens (primary N) is 1. The van der Waals surface area contributed by atoms with Crippen molar-refractivity contribution < 1.29 is 14.9 Å². The van der Waals surface area contributed by atoms with Crippen molar-refractivity contribution in [1.82, 2.24) is 0 Å². The highest BCUT2D eigenvalue weighted by molar-refractivity contribution is 5.84. The van der Waals surface area contributed by atoms with Gasteiger partial charge in [0.25, 0.3) is 0 Å². The van der Waals surface area contributed by atoms with Gasteiger partial charge in [-0.1, -0.05) is 11.2 Å². The Bertz CT molecular complexity index is 459. The number of aryl methyl sites for hydroxylation is 1. The lowest BCUT2D eigenvalue weighted by Crippen LogP contribution is -2.31. The fourth-order valence-corrected chi connectivity index (χ4v) is 1.20. The highest BCUT2D eigenvalue weighted by Crippen LogP contribution is 2.28. The van der Waals surface area contributed by atoms with E-state index in [1.54, 1.807) is 13.0 Å². The number of nitrogens with zero attached hydrogens (tertiary/aromatic N) is 2. The Labute approximate surface area is 97.6 Å². The van der Waals surface area contributed by atoms with E-state index in [1.807, 2.05) is 0 Å². The molecule has 7 nitrogen and oxygen atoms in total. The third-order valence-corrected chi connectivity index (χ3v) is 2.15. The molecule has 0 radical (unpaired) electrons. The second kappa shape index (κ2) is 5.15. The van der Waals surface area contributed by atoms with E-state index in [0.717, 1.165) is 5.56 Å². The molecule has 7 heteroatoms. The van der Waals surface area contributed by atoms with Crippen molar-refractivity contribution in [3.63, 3.8) is 0 Å². The lowest BCUT2D eigenvalue weighted by molar-refractivity contribution is -0.386. The molecule has 92 valence electrons. The quantitative estimate of drug-likeness (QED) is 0.271. The van der Waals surface area contributed by atoms with Gasteiger partial charge in [-0.05, 0) is 25.5 Å². The molecule has 0 spiro atoms. The second-order valence-corrected chi connectivity index (χ2v) is 3.51. The molecule has 3 N–H and O–H groups in total. The molecule has 0 aliphatic rings. The van der Waals surface area contributed by atoms with Crippen LogP contribution in [0.2, 0.25) is 0 Å². The van der Waals surface area contributed by atoms with Gasteiger partial charge < -0.3 is 15.7 Å². The van der Waals surface area contributed by atoms with Crippen LogP contribution < -0.4 is 10.5 Å². The topological polar surface area (TPSA) is 111 Å². The molecular weight excluding hydrogens is 226 g/mol. The molecule has 0 bridgehead atoms. The van der Waals surface area contributed by atoms with Gasteiger partial charge in [0.2, 0.25) is 0 Å². The van der Waals surface area contributed by atoms with Gasteiger partial charge in [-0.25, -0.2) is 0 Å². The van der Waals surface area contributed by atoms with Crippen molar-refractivity contribution in [2.45, 2.75) is 20.0 Å². The van der Waals surface area contributed by atoms with E-state index in [0.29, 0.717) is 0 Å². The number of hydrogen-bond acceptors (Lipinski definition) is 5. The number of rotatable bonds is 4. The van der Waals surface area contributed by atoms with Crippen LogP contribution in [0, 0.1) is 17.0 Å². The van der Waals surface area contributed by atoms with Crippen LogP contribution in [0.15, 0.2) is 23.4 Å². The summed E-state index contributed by atoms with van der Waals surface area (Å²) in [4.78, 5) is 10.2. The minimum absolute atomic E-state index is 0.0918. The molecule has 0 aliphatic carbocycles. The molecule has 0 aromatic heterocycles. The van der Waals surface area contributed by atoms with Gasteiger partial charge in [-0.15, -0.1) is 0 Å². The van der Waals surface area contributed by atoms with Crippen LogP contribution in [0.4, 0.5) is 5.69 Å². The average Bonchev–Trinajstić information content (AvgIpc) is 2.27. The molecular formula is C10H13N3O4. The van der Waals surface area contributed by atoms with Crippen LogP contribution >= 0.6 is 0 Å². The van der Waals surface area contributed by atoms with E-state index in [9.17, 15) is 10.1 Å². The smallest absolute Gasteiger partial charge is 0.310 e. The van der Waals surface area contributed by atoms with Gasteiger partial charge >= 0.3 is 5.69 Å². The summed E-state index contributed by atoms with van der Waals surface area (Å²) in [5.74, 6) is -0.0603.